The van der Waals surface area contributed by atoms with E-state index in [2.05, 4.69) is 29.7 Å². The number of halogens is 1. The molecule has 0 aliphatic heterocycles. The highest BCUT2D eigenvalue weighted by atomic mass is 35.5. The largest absolute Gasteiger partial charge is 0.494 e. The summed E-state index contributed by atoms with van der Waals surface area (Å²) in [6.45, 7) is 4.89. The van der Waals surface area contributed by atoms with Crippen LogP contribution in [0.15, 0.2) is 42.6 Å². The molecule has 1 heterocycles. The van der Waals surface area contributed by atoms with Gasteiger partial charge in [0.25, 0.3) is 11.8 Å². The van der Waals surface area contributed by atoms with E-state index in [-0.39, 0.29) is 5.15 Å². The summed E-state index contributed by atoms with van der Waals surface area (Å²) in [5.74, 6) is 0.369. The van der Waals surface area contributed by atoms with Crippen molar-refractivity contribution in [2.45, 2.75) is 20.3 Å². The van der Waals surface area contributed by atoms with E-state index in [0.29, 0.717) is 29.4 Å². The Morgan fingerprint density at radius 2 is 1.64 bits per heavy atom. The maximum absolute atomic E-state index is 12.0. The first-order valence-electron chi connectivity index (χ1n) is 7.91. The number of benzene rings is 1. The number of hydrogen-bond donors (Lipinski definition) is 2. The van der Waals surface area contributed by atoms with E-state index >= 15 is 0 Å². The molecule has 0 aliphatic rings. The van der Waals surface area contributed by atoms with Crippen LogP contribution in [0.5, 0.6) is 5.75 Å². The number of nitrogens with zero attached hydrogens (tertiary/aromatic N) is 1. The van der Waals surface area contributed by atoms with Crippen molar-refractivity contribution in [3.05, 3.63) is 58.9 Å². The molecular formula is C18H20ClN3O3. The number of aromatic nitrogens is 1. The fourth-order valence-corrected chi connectivity index (χ4v) is 1.99. The van der Waals surface area contributed by atoms with Gasteiger partial charge < -0.3 is 4.74 Å². The van der Waals surface area contributed by atoms with Crippen LogP contribution in [-0.2, 0) is 0 Å². The molecule has 0 saturated carbocycles. The van der Waals surface area contributed by atoms with Crippen LogP contribution in [0.3, 0.4) is 0 Å². The van der Waals surface area contributed by atoms with Crippen LogP contribution < -0.4 is 15.6 Å². The quantitative estimate of drug-likeness (QED) is 0.611. The molecule has 0 fully saturated rings. The highest BCUT2D eigenvalue weighted by molar-refractivity contribution is 6.29. The van der Waals surface area contributed by atoms with Gasteiger partial charge in [0, 0.05) is 11.8 Å². The third-order valence-electron chi connectivity index (χ3n) is 3.36. The molecule has 0 saturated heterocycles. The van der Waals surface area contributed by atoms with Crippen LogP contribution in [0.4, 0.5) is 0 Å². The minimum atomic E-state index is -0.480. The van der Waals surface area contributed by atoms with Gasteiger partial charge in [-0.25, -0.2) is 4.98 Å². The molecule has 0 aliphatic carbocycles. The Balaban J connectivity index is 1.84. The van der Waals surface area contributed by atoms with Crippen molar-refractivity contribution in [1.29, 1.82) is 0 Å². The summed E-state index contributed by atoms with van der Waals surface area (Å²) < 4.78 is 5.60. The molecule has 0 bridgehead atoms. The topological polar surface area (TPSA) is 80.3 Å². The van der Waals surface area contributed by atoms with Gasteiger partial charge in [-0.15, -0.1) is 0 Å². The number of nitrogens with one attached hydrogen (secondary N) is 2. The predicted octanol–water partition coefficient (Wildman–Crippen LogP) is 3.23. The van der Waals surface area contributed by atoms with Crippen molar-refractivity contribution < 1.29 is 14.3 Å². The zero-order valence-electron chi connectivity index (χ0n) is 14.1. The summed E-state index contributed by atoms with van der Waals surface area (Å²) in [7, 11) is 0. The average molecular weight is 362 g/mol. The maximum atomic E-state index is 12.0. The Morgan fingerprint density at radius 1 is 1.04 bits per heavy atom. The maximum Gasteiger partial charge on any atom is 0.271 e. The lowest BCUT2D eigenvalue weighted by Crippen LogP contribution is -2.41. The normalized spacial score (nSPS) is 10.4. The standard InChI is InChI=1S/C18H20ClN3O3/c1-12(2)9-10-25-15-6-3-13(4-7-15)17(23)21-22-18(24)14-5-8-16(19)20-11-14/h3-8,11-12H,9-10H2,1-2H3,(H,21,23)(H,22,24). The molecule has 25 heavy (non-hydrogen) atoms. The fourth-order valence-electron chi connectivity index (χ4n) is 1.88. The lowest BCUT2D eigenvalue weighted by atomic mass is 10.1. The van der Waals surface area contributed by atoms with Gasteiger partial charge in [-0.3, -0.25) is 20.4 Å². The number of carbonyl (C=O) groups is 2. The first-order chi connectivity index (χ1) is 12.0. The Labute approximate surface area is 151 Å². The second-order valence-electron chi connectivity index (χ2n) is 5.83. The molecule has 2 rings (SSSR count). The number of carbonyl (C=O) groups excluding carboxylic acids is 2. The van der Waals surface area contributed by atoms with Crippen molar-refractivity contribution in [3.8, 4) is 5.75 Å². The van der Waals surface area contributed by atoms with Gasteiger partial charge in [-0.1, -0.05) is 25.4 Å². The molecule has 2 amide bonds. The number of ether oxygens (including phenoxy) is 1. The summed E-state index contributed by atoms with van der Waals surface area (Å²) in [4.78, 5) is 27.7. The molecule has 6 nitrogen and oxygen atoms in total. The number of hydrazine groups is 1. The number of pyridine rings is 1. The molecule has 132 valence electrons. The number of amides is 2. The van der Waals surface area contributed by atoms with Gasteiger partial charge in [0.05, 0.1) is 12.2 Å². The first kappa shape index (κ1) is 18.7. The van der Waals surface area contributed by atoms with Crippen LogP contribution >= 0.6 is 11.6 Å². The molecule has 1 aromatic heterocycles. The second-order valence-corrected chi connectivity index (χ2v) is 6.22. The van der Waals surface area contributed by atoms with E-state index < -0.39 is 11.8 Å². The van der Waals surface area contributed by atoms with Crippen LogP contribution in [0.25, 0.3) is 0 Å². The number of rotatable bonds is 6. The molecule has 0 atom stereocenters. The van der Waals surface area contributed by atoms with Gasteiger partial charge in [0.2, 0.25) is 0 Å². The monoisotopic (exact) mass is 361 g/mol. The zero-order valence-corrected chi connectivity index (χ0v) is 14.8. The molecule has 2 N–H and O–H groups in total. The van der Waals surface area contributed by atoms with Crippen LogP contribution in [-0.4, -0.2) is 23.4 Å². The molecular weight excluding hydrogens is 342 g/mol. The van der Waals surface area contributed by atoms with E-state index in [1.165, 1.54) is 18.3 Å². The van der Waals surface area contributed by atoms with E-state index in [4.69, 9.17) is 16.3 Å². The Kier molecular flexibility index (Phi) is 6.77. The minimum Gasteiger partial charge on any atom is -0.494 e. The van der Waals surface area contributed by atoms with Crippen LogP contribution in [0.2, 0.25) is 5.15 Å². The molecule has 0 radical (unpaired) electrons. The summed E-state index contributed by atoms with van der Waals surface area (Å²) in [6, 6.07) is 9.73. The van der Waals surface area contributed by atoms with E-state index in [0.717, 1.165) is 6.42 Å². The minimum absolute atomic E-state index is 0.288. The van der Waals surface area contributed by atoms with Gasteiger partial charge in [-0.2, -0.15) is 0 Å². The smallest absolute Gasteiger partial charge is 0.271 e. The highest BCUT2D eigenvalue weighted by Gasteiger charge is 2.09. The Hall–Kier alpha value is -2.60. The average Bonchev–Trinajstić information content (AvgIpc) is 2.60. The van der Waals surface area contributed by atoms with Crippen molar-refractivity contribution in [3.63, 3.8) is 0 Å². The van der Waals surface area contributed by atoms with Gasteiger partial charge in [-0.05, 0) is 48.7 Å². The van der Waals surface area contributed by atoms with Crippen molar-refractivity contribution in [1.82, 2.24) is 15.8 Å². The van der Waals surface area contributed by atoms with E-state index in [1.807, 2.05) is 0 Å². The molecule has 0 unspecified atom stereocenters. The van der Waals surface area contributed by atoms with E-state index in [9.17, 15) is 9.59 Å². The van der Waals surface area contributed by atoms with Gasteiger partial charge in [0.1, 0.15) is 10.9 Å². The molecule has 7 heteroatoms. The molecule has 1 aromatic carbocycles. The lowest BCUT2D eigenvalue weighted by molar-refractivity contribution is 0.0846. The van der Waals surface area contributed by atoms with Crippen molar-refractivity contribution in [2.24, 2.45) is 5.92 Å². The summed E-state index contributed by atoms with van der Waals surface area (Å²) in [6.07, 6.45) is 2.29. The third-order valence-corrected chi connectivity index (χ3v) is 3.58. The van der Waals surface area contributed by atoms with Crippen molar-refractivity contribution >= 4 is 23.4 Å². The third kappa shape index (κ3) is 6.08. The van der Waals surface area contributed by atoms with E-state index in [1.54, 1.807) is 24.3 Å². The molecule has 0 spiro atoms. The first-order valence-corrected chi connectivity index (χ1v) is 8.28. The van der Waals surface area contributed by atoms with Gasteiger partial charge >= 0.3 is 0 Å². The zero-order chi connectivity index (χ0) is 18.2. The van der Waals surface area contributed by atoms with Gasteiger partial charge in [0.15, 0.2) is 0 Å². The van der Waals surface area contributed by atoms with Crippen molar-refractivity contribution in [2.75, 3.05) is 6.61 Å². The Bertz CT molecular complexity index is 715. The predicted molar refractivity (Wildman–Crippen MR) is 95.6 cm³/mol. The SMILES string of the molecule is CC(C)CCOc1ccc(C(=O)NNC(=O)c2ccc(Cl)nc2)cc1. The lowest BCUT2D eigenvalue weighted by Gasteiger charge is -2.10. The summed E-state index contributed by atoms with van der Waals surface area (Å²) in [5.41, 5.74) is 5.37. The summed E-state index contributed by atoms with van der Waals surface area (Å²) in [5, 5.41) is 0.288. The highest BCUT2D eigenvalue weighted by Crippen LogP contribution is 2.13. The number of hydrogen-bond acceptors (Lipinski definition) is 4. The van der Waals surface area contributed by atoms with Crippen LogP contribution in [0.1, 0.15) is 41.0 Å². The van der Waals surface area contributed by atoms with Crippen LogP contribution in [0, 0.1) is 5.92 Å². The molecule has 2 aromatic rings. The second kappa shape index (κ2) is 9.03. The Morgan fingerprint density at radius 3 is 2.20 bits per heavy atom. The fraction of sp³-hybridized carbons (Fsp3) is 0.278. The summed E-state index contributed by atoms with van der Waals surface area (Å²) >= 11 is 5.66.